The minimum atomic E-state index is -0.140. The van der Waals surface area contributed by atoms with Crippen LogP contribution in [0.2, 0.25) is 0 Å². The van der Waals surface area contributed by atoms with Gasteiger partial charge in [0.1, 0.15) is 0 Å². The van der Waals surface area contributed by atoms with Crippen LogP contribution in [0.3, 0.4) is 0 Å². The SMILES string of the molecule is O=C(/C=C/c1ccc(N(Cc2ccccc2)Cc2ccccc2)cc1)c1ccco1. The second-order valence-electron chi connectivity index (χ2n) is 7.09. The lowest BCUT2D eigenvalue weighted by Gasteiger charge is -2.25. The van der Waals surface area contributed by atoms with Crippen molar-refractivity contribution in [2.24, 2.45) is 0 Å². The van der Waals surface area contributed by atoms with Crippen molar-refractivity contribution in [3.8, 4) is 0 Å². The maximum atomic E-state index is 12.1. The van der Waals surface area contributed by atoms with Crippen molar-refractivity contribution in [2.75, 3.05) is 4.90 Å². The molecule has 0 amide bonds. The summed E-state index contributed by atoms with van der Waals surface area (Å²) in [5, 5.41) is 0. The van der Waals surface area contributed by atoms with Crippen LogP contribution in [0.15, 0.2) is 114 Å². The third kappa shape index (κ3) is 5.15. The average molecular weight is 393 g/mol. The van der Waals surface area contributed by atoms with Crippen molar-refractivity contribution in [1.29, 1.82) is 0 Å². The van der Waals surface area contributed by atoms with E-state index >= 15 is 0 Å². The van der Waals surface area contributed by atoms with Crippen molar-refractivity contribution in [1.82, 2.24) is 0 Å². The molecule has 0 fully saturated rings. The highest BCUT2D eigenvalue weighted by Crippen LogP contribution is 2.21. The molecule has 0 N–H and O–H groups in total. The molecule has 1 heterocycles. The van der Waals surface area contributed by atoms with Gasteiger partial charge in [0.25, 0.3) is 0 Å². The molecule has 0 bridgehead atoms. The number of rotatable bonds is 8. The Morgan fingerprint density at radius 1 is 0.733 bits per heavy atom. The monoisotopic (exact) mass is 393 g/mol. The number of carbonyl (C=O) groups excluding carboxylic acids is 1. The molecule has 4 aromatic rings. The maximum absolute atomic E-state index is 12.1. The summed E-state index contributed by atoms with van der Waals surface area (Å²) in [6, 6.07) is 32.6. The first kappa shape index (κ1) is 19.5. The van der Waals surface area contributed by atoms with E-state index in [0.717, 1.165) is 24.3 Å². The second-order valence-corrected chi connectivity index (χ2v) is 7.09. The molecule has 0 saturated carbocycles. The lowest BCUT2D eigenvalue weighted by Crippen LogP contribution is -2.22. The van der Waals surface area contributed by atoms with Gasteiger partial charge in [-0.25, -0.2) is 0 Å². The Bertz CT molecular complexity index is 1040. The number of hydrogen-bond donors (Lipinski definition) is 0. The molecule has 3 nitrogen and oxygen atoms in total. The summed E-state index contributed by atoms with van der Waals surface area (Å²) in [5.74, 6) is 0.207. The van der Waals surface area contributed by atoms with Crippen LogP contribution in [-0.2, 0) is 13.1 Å². The number of nitrogens with zero attached hydrogens (tertiary/aromatic N) is 1. The van der Waals surface area contributed by atoms with E-state index in [4.69, 9.17) is 4.42 Å². The van der Waals surface area contributed by atoms with Crippen LogP contribution in [0, 0.1) is 0 Å². The van der Waals surface area contributed by atoms with Crippen LogP contribution < -0.4 is 4.90 Å². The summed E-state index contributed by atoms with van der Waals surface area (Å²) in [6.07, 6.45) is 4.86. The molecule has 30 heavy (non-hydrogen) atoms. The average Bonchev–Trinajstić information content (AvgIpc) is 3.34. The van der Waals surface area contributed by atoms with Gasteiger partial charge in [-0.3, -0.25) is 4.79 Å². The third-order valence-electron chi connectivity index (χ3n) is 4.88. The summed E-state index contributed by atoms with van der Waals surface area (Å²) in [4.78, 5) is 14.4. The van der Waals surface area contributed by atoms with Gasteiger partial charge < -0.3 is 9.32 Å². The van der Waals surface area contributed by atoms with E-state index in [1.165, 1.54) is 17.4 Å². The van der Waals surface area contributed by atoms with E-state index < -0.39 is 0 Å². The molecule has 0 atom stereocenters. The van der Waals surface area contributed by atoms with Gasteiger partial charge in [0.05, 0.1) is 6.26 Å². The van der Waals surface area contributed by atoms with Crippen LogP contribution >= 0.6 is 0 Å². The highest BCUT2D eigenvalue weighted by atomic mass is 16.3. The zero-order valence-corrected chi connectivity index (χ0v) is 16.6. The third-order valence-corrected chi connectivity index (χ3v) is 4.88. The molecule has 0 aliphatic heterocycles. The largest absolute Gasteiger partial charge is 0.461 e. The first-order chi connectivity index (χ1) is 14.8. The van der Waals surface area contributed by atoms with Crippen molar-refractivity contribution in [3.63, 3.8) is 0 Å². The summed E-state index contributed by atoms with van der Waals surface area (Å²) >= 11 is 0. The van der Waals surface area contributed by atoms with Crippen LogP contribution in [0.4, 0.5) is 5.69 Å². The van der Waals surface area contributed by atoms with E-state index in [9.17, 15) is 4.79 Å². The van der Waals surface area contributed by atoms with Gasteiger partial charge in [-0.15, -0.1) is 0 Å². The van der Waals surface area contributed by atoms with Crippen molar-refractivity contribution < 1.29 is 9.21 Å². The molecular weight excluding hydrogens is 370 g/mol. The predicted octanol–water partition coefficient (Wildman–Crippen LogP) is 6.38. The van der Waals surface area contributed by atoms with E-state index in [0.29, 0.717) is 5.76 Å². The van der Waals surface area contributed by atoms with Gasteiger partial charge >= 0.3 is 0 Å². The van der Waals surface area contributed by atoms with E-state index in [2.05, 4.69) is 65.6 Å². The Morgan fingerprint density at radius 3 is 1.87 bits per heavy atom. The number of ketones is 1. The summed E-state index contributed by atoms with van der Waals surface area (Å²) in [7, 11) is 0. The quantitative estimate of drug-likeness (QED) is 0.257. The van der Waals surface area contributed by atoms with Crippen LogP contribution in [0.5, 0.6) is 0 Å². The van der Waals surface area contributed by atoms with E-state index in [-0.39, 0.29) is 5.78 Å². The number of anilines is 1. The number of carbonyl (C=O) groups is 1. The Morgan fingerprint density at radius 2 is 1.33 bits per heavy atom. The van der Waals surface area contributed by atoms with Gasteiger partial charge in [-0.2, -0.15) is 0 Å². The summed E-state index contributed by atoms with van der Waals surface area (Å²) in [6.45, 7) is 1.64. The highest BCUT2D eigenvalue weighted by Gasteiger charge is 2.09. The minimum absolute atomic E-state index is 0.140. The molecule has 4 rings (SSSR count). The maximum Gasteiger partial charge on any atom is 0.221 e. The molecule has 1 aromatic heterocycles. The Hall–Kier alpha value is -3.85. The Labute approximate surface area is 176 Å². The molecule has 3 heteroatoms. The summed E-state index contributed by atoms with van der Waals surface area (Å²) in [5.41, 5.74) is 4.64. The van der Waals surface area contributed by atoms with E-state index in [1.54, 1.807) is 18.2 Å². The van der Waals surface area contributed by atoms with Crippen LogP contribution in [-0.4, -0.2) is 5.78 Å². The Balaban J connectivity index is 1.52. The molecular formula is C27H23NO2. The van der Waals surface area contributed by atoms with Gasteiger partial charge in [-0.1, -0.05) is 78.9 Å². The lowest BCUT2D eigenvalue weighted by molar-refractivity contribution is 0.102. The topological polar surface area (TPSA) is 33.5 Å². The number of furan rings is 1. The van der Waals surface area contributed by atoms with Gasteiger partial charge in [0.15, 0.2) is 5.76 Å². The van der Waals surface area contributed by atoms with Gasteiger partial charge in [0.2, 0.25) is 5.78 Å². The molecule has 0 aliphatic carbocycles. The van der Waals surface area contributed by atoms with Crippen LogP contribution in [0.1, 0.15) is 27.2 Å². The van der Waals surface area contributed by atoms with Crippen LogP contribution in [0.25, 0.3) is 6.08 Å². The van der Waals surface area contributed by atoms with Crippen molar-refractivity contribution in [3.05, 3.63) is 132 Å². The number of benzene rings is 3. The molecule has 148 valence electrons. The van der Waals surface area contributed by atoms with Crippen molar-refractivity contribution >= 4 is 17.5 Å². The molecule has 0 saturated heterocycles. The first-order valence-corrected chi connectivity index (χ1v) is 9.97. The van der Waals surface area contributed by atoms with Gasteiger partial charge in [0, 0.05) is 18.8 Å². The molecule has 0 unspecified atom stereocenters. The Kier molecular flexibility index (Phi) is 6.21. The van der Waals surface area contributed by atoms with Gasteiger partial charge in [-0.05, 0) is 47.0 Å². The zero-order valence-electron chi connectivity index (χ0n) is 16.6. The molecule has 3 aromatic carbocycles. The molecule has 0 aliphatic rings. The molecule has 0 spiro atoms. The zero-order chi connectivity index (χ0) is 20.6. The number of hydrogen-bond acceptors (Lipinski definition) is 3. The predicted molar refractivity (Wildman–Crippen MR) is 121 cm³/mol. The second kappa shape index (κ2) is 9.57. The minimum Gasteiger partial charge on any atom is -0.461 e. The summed E-state index contributed by atoms with van der Waals surface area (Å²) < 4.78 is 5.14. The standard InChI is InChI=1S/C27H23NO2/c29-26(27-12-7-19-30-27)18-15-22-13-16-25(17-14-22)28(20-23-8-3-1-4-9-23)21-24-10-5-2-6-11-24/h1-19H,20-21H2/b18-15+. The smallest absolute Gasteiger partial charge is 0.221 e. The number of allylic oxidation sites excluding steroid dienone is 1. The normalized spacial score (nSPS) is 10.9. The lowest BCUT2D eigenvalue weighted by atomic mass is 10.1. The highest BCUT2D eigenvalue weighted by molar-refractivity contribution is 6.04. The van der Waals surface area contributed by atoms with Crippen molar-refractivity contribution in [2.45, 2.75) is 13.1 Å². The fourth-order valence-corrected chi connectivity index (χ4v) is 3.32. The van der Waals surface area contributed by atoms with E-state index in [1.807, 2.05) is 30.3 Å². The molecule has 0 radical (unpaired) electrons. The fourth-order valence-electron chi connectivity index (χ4n) is 3.32. The fraction of sp³-hybridized carbons (Fsp3) is 0.0741. The first-order valence-electron chi connectivity index (χ1n) is 9.97.